The van der Waals surface area contributed by atoms with E-state index in [0.29, 0.717) is 5.69 Å². The topological polar surface area (TPSA) is 365 Å². The standard InChI is InChI=1S/C25H39N9O13/c1-11(37)20(34-21(43)13(26)2-3-18(39)40)25(47)32-14(4-12-5-27-10-30-12)22(44)28-6-17(38)31-16(9-36)24(46)33-15(8-35)23(45)29-7-19(41)42/h5,10-11,13-16,20,35-37H,2-4,6-9,26H2,1H3,(H,27,30)(H,28,44)(H,29,45)(H,31,38)(H,32,47)(H,33,46)(H,34,43)(H,39,40)(H,41,42)/t11-,13+,14+,15+,16+,20+/m1/s1. The number of aromatic nitrogens is 2. The summed E-state index contributed by atoms with van der Waals surface area (Å²) in [4.78, 5) is 103. The molecule has 0 unspecified atom stereocenters. The lowest BCUT2D eigenvalue weighted by Gasteiger charge is -2.25. The van der Waals surface area contributed by atoms with Gasteiger partial charge in [0.1, 0.15) is 30.7 Å². The Kier molecular flexibility index (Phi) is 17.0. The van der Waals surface area contributed by atoms with E-state index >= 15 is 0 Å². The van der Waals surface area contributed by atoms with Crippen molar-refractivity contribution >= 4 is 47.4 Å². The molecule has 0 aromatic carbocycles. The summed E-state index contributed by atoms with van der Waals surface area (Å²) in [6.45, 7) is -2.36. The minimum absolute atomic E-state index is 0.216. The zero-order valence-electron chi connectivity index (χ0n) is 25.1. The van der Waals surface area contributed by atoms with Crippen molar-refractivity contribution in [2.75, 3.05) is 26.3 Å². The van der Waals surface area contributed by atoms with Crippen LogP contribution in [0.5, 0.6) is 0 Å². The maximum Gasteiger partial charge on any atom is 0.322 e. The van der Waals surface area contributed by atoms with Gasteiger partial charge in [-0.15, -0.1) is 0 Å². The van der Waals surface area contributed by atoms with Crippen molar-refractivity contribution in [1.29, 1.82) is 0 Å². The fourth-order valence-corrected chi connectivity index (χ4v) is 3.64. The molecule has 14 N–H and O–H groups in total. The number of aliphatic hydroxyl groups excluding tert-OH is 3. The van der Waals surface area contributed by atoms with E-state index in [1.54, 1.807) is 0 Å². The molecule has 0 saturated heterocycles. The van der Waals surface area contributed by atoms with Crippen molar-refractivity contribution in [3.05, 3.63) is 18.2 Å². The number of nitrogens with two attached hydrogens (primary N) is 1. The fraction of sp³-hybridized carbons (Fsp3) is 0.560. The SMILES string of the molecule is C[C@@H](O)[C@H](NC(=O)[C@@H](N)CCC(=O)O)C(=O)N[C@@H](Cc1cnc[nH]1)C(=O)NCC(=O)N[C@@H](CO)C(=O)N[C@@H](CO)C(=O)NCC(=O)O. The van der Waals surface area contributed by atoms with Crippen molar-refractivity contribution in [1.82, 2.24) is 41.9 Å². The number of aliphatic carboxylic acids is 2. The summed E-state index contributed by atoms with van der Waals surface area (Å²) in [5, 5.41) is 59.3. The molecule has 22 heteroatoms. The van der Waals surface area contributed by atoms with E-state index in [0.717, 1.165) is 0 Å². The van der Waals surface area contributed by atoms with Crippen molar-refractivity contribution < 1.29 is 63.9 Å². The predicted octanol–water partition coefficient (Wildman–Crippen LogP) is -7.23. The summed E-state index contributed by atoms with van der Waals surface area (Å²) in [6, 6.07) is -7.66. The van der Waals surface area contributed by atoms with Crippen molar-refractivity contribution in [2.45, 2.75) is 62.5 Å². The van der Waals surface area contributed by atoms with E-state index in [1.807, 2.05) is 10.6 Å². The fourth-order valence-electron chi connectivity index (χ4n) is 3.64. The van der Waals surface area contributed by atoms with Gasteiger partial charge in [0.05, 0.1) is 38.2 Å². The highest BCUT2D eigenvalue weighted by Gasteiger charge is 2.32. The van der Waals surface area contributed by atoms with E-state index in [-0.39, 0.29) is 12.8 Å². The normalized spacial score (nSPS) is 14.6. The van der Waals surface area contributed by atoms with Gasteiger partial charge in [-0.25, -0.2) is 4.98 Å². The van der Waals surface area contributed by atoms with Gasteiger partial charge in [0.25, 0.3) is 0 Å². The lowest BCUT2D eigenvalue weighted by atomic mass is 10.1. The third-order valence-electron chi connectivity index (χ3n) is 6.17. The van der Waals surface area contributed by atoms with Crippen LogP contribution in [0.1, 0.15) is 25.5 Å². The zero-order valence-corrected chi connectivity index (χ0v) is 25.1. The van der Waals surface area contributed by atoms with Crippen LogP contribution in [-0.4, -0.2) is 145 Å². The summed E-state index contributed by atoms with van der Waals surface area (Å²) < 4.78 is 0. The highest BCUT2D eigenvalue weighted by Crippen LogP contribution is 2.03. The number of rotatable bonds is 21. The van der Waals surface area contributed by atoms with Crippen LogP contribution in [0.15, 0.2) is 12.5 Å². The Morgan fingerprint density at radius 2 is 1.36 bits per heavy atom. The largest absolute Gasteiger partial charge is 0.481 e. The number of nitrogens with zero attached hydrogens (tertiary/aromatic N) is 1. The van der Waals surface area contributed by atoms with Gasteiger partial charge in [0, 0.05) is 24.7 Å². The molecule has 0 bridgehead atoms. The van der Waals surface area contributed by atoms with Crippen LogP contribution in [0.2, 0.25) is 0 Å². The molecule has 262 valence electrons. The zero-order chi connectivity index (χ0) is 35.7. The number of carboxylic acids is 2. The molecule has 47 heavy (non-hydrogen) atoms. The molecule has 0 radical (unpaired) electrons. The van der Waals surface area contributed by atoms with Crippen LogP contribution >= 0.6 is 0 Å². The lowest BCUT2D eigenvalue weighted by molar-refractivity contribution is -0.139. The Morgan fingerprint density at radius 3 is 1.89 bits per heavy atom. The summed E-state index contributed by atoms with van der Waals surface area (Å²) in [5.41, 5.74) is 6.01. The van der Waals surface area contributed by atoms with Crippen LogP contribution in [0.4, 0.5) is 0 Å². The summed E-state index contributed by atoms with van der Waals surface area (Å²) in [5.74, 6) is -8.71. The average Bonchev–Trinajstić information content (AvgIpc) is 3.53. The molecule has 1 aromatic heterocycles. The third-order valence-corrected chi connectivity index (χ3v) is 6.17. The molecular formula is C25H39N9O13. The van der Waals surface area contributed by atoms with Crippen LogP contribution in [-0.2, 0) is 44.8 Å². The maximum atomic E-state index is 13.0. The molecule has 1 heterocycles. The number of aliphatic hydroxyl groups is 3. The smallest absolute Gasteiger partial charge is 0.322 e. The van der Waals surface area contributed by atoms with E-state index in [2.05, 4.69) is 31.2 Å². The van der Waals surface area contributed by atoms with Gasteiger partial charge >= 0.3 is 11.9 Å². The number of H-pyrrole nitrogens is 1. The molecule has 0 saturated carbocycles. The Hall–Kier alpha value is -5.19. The average molecular weight is 674 g/mol. The molecule has 0 aliphatic carbocycles. The molecule has 0 aliphatic rings. The highest BCUT2D eigenvalue weighted by atomic mass is 16.4. The van der Waals surface area contributed by atoms with Gasteiger partial charge in [-0.1, -0.05) is 0 Å². The summed E-state index contributed by atoms with van der Waals surface area (Å²) in [6.07, 6.45) is 0.215. The number of hydrogen-bond acceptors (Lipinski definition) is 13. The Labute approximate surface area is 266 Å². The van der Waals surface area contributed by atoms with Gasteiger partial charge in [-0.2, -0.15) is 0 Å². The number of hydrogen-bond donors (Lipinski definition) is 13. The molecule has 22 nitrogen and oxygen atoms in total. The molecular weight excluding hydrogens is 634 g/mol. The quantitative estimate of drug-likeness (QED) is 0.0576. The predicted molar refractivity (Wildman–Crippen MR) is 154 cm³/mol. The minimum atomic E-state index is -1.67. The first kappa shape index (κ1) is 39.8. The molecule has 1 aromatic rings. The minimum Gasteiger partial charge on any atom is -0.481 e. The van der Waals surface area contributed by atoms with E-state index in [1.165, 1.54) is 19.4 Å². The molecule has 6 amide bonds. The molecule has 1 rings (SSSR count). The molecule has 0 spiro atoms. The first-order valence-corrected chi connectivity index (χ1v) is 13.9. The second-order valence-electron chi connectivity index (χ2n) is 9.98. The van der Waals surface area contributed by atoms with E-state index < -0.39 is 116 Å². The van der Waals surface area contributed by atoms with E-state index in [9.17, 15) is 53.7 Å². The Bertz CT molecular complexity index is 1260. The second-order valence-corrected chi connectivity index (χ2v) is 9.98. The number of carboxylic acid groups (broad SMARTS) is 2. The van der Waals surface area contributed by atoms with Gasteiger partial charge in [0.15, 0.2) is 0 Å². The third kappa shape index (κ3) is 14.6. The molecule has 0 aliphatic heterocycles. The van der Waals surface area contributed by atoms with Crippen LogP contribution in [0, 0.1) is 0 Å². The number of nitrogens with one attached hydrogen (secondary N) is 7. The van der Waals surface area contributed by atoms with Crippen LogP contribution in [0.25, 0.3) is 0 Å². The second kappa shape index (κ2) is 20.0. The highest BCUT2D eigenvalue weighted by molar-refractivity contribution is 5.96. The van der Waals surface area contributed by atoms with Gasteiger partial charge in [-0.05, 0) is 13.3 Å². The first-order valence-electron chi connectivity index (χ1n) is 13.9. The summed E-state index contributed by atoms with van der Waals surface area (Å²) in [7, 11) is 0. The monoisotopic (exact) mass is 673 g/mol. The number of carbonyl (C=O) groups excluding carboxylic acids is 6. The van der Waals surface area contributed by atoms with Crippen molar-refractivity contribution in [3.8, 4) is 0 Å². The van der Waals surface area contributed by atoms with Crippen molar-refractivity contribution in [3.63, 3.8) is 0 Å². The van der Waals surface area contributed by atoms with Gasteiger partial charge < -0.3 is 68.2 Å². The Morgan fingerprint density at radius 1 is 0.787 bits per heavy atom. The molecule has 6 atom stereocenters. The first-order chi connectivity index (χ1) is 22.1. The maximum absolute atomic E-state index is 13.0. The number of imidazole rings is 1. The Balaban J connectivity index is 2.89. The van der Waals surface area contributed by atoms with Gasteiger partial charge in [0.2, 0.25) is 35.4 Å². The van der Waals surface area contributed by atoms with Crippen LogP contribution < -0.4 is 37.6 Å². The van der Waals surface area contributed by atoms with Crippen LogP contribution in [0.3, 0.4) is 0 Å². The molecule has 0 fully saturated rings. The number of carbonyl (C=O) groups is 8. The van der Waals surface area contributed by atoms with Crippen molar-refractivity contribution in [2.24, 2.45) is 5.73 Å². The number of aromatic amines is 1. The number of amides is 6. The lowest BCUT2D eigenvalue weighted by Crippen LogP contribution is -2.60. The van der Waals surface area contributed by atoms with Gasteiger partial charge in [-0.3, -0.25) is 38.4 Å². The summed E-state index contributed by atoms with van der Waals surface area (Å²) >= 11 is 0. The van der Waals surface area contributed by atoms with E-state index in [4.69, 9.17) is 15.9 Å².